The molecule has 0 spiro atoms. The fourth-order valence-electron chi connectivity index (χ4n) is 8.89. The van der Waals surface area contributed by atoms with Crippen LogP contribution in [0.15, 0.2) is 58.4 Å². The van der Waals surface area contributed by atoms with Crippen LogP contribution in [-0.4, -0.2) is 126 Å². The molecule has 444 valence electrons. The van der Waals surface area contributed by atoms with Crippen molar-refractivity contribution in [2.45, 2.75) is 201 Å². The van der Waals surface area contributed by atoms with Gasteiger partial charge in [0.05, 0.1) is 12.6 Å². The molecule has 17 heteroatoms. The number of carbonyl (C=O) groups excluding carboxylic acids is 4. The Bertz CT molecular complexity index is 2160. The summed E-state index contributed by atoms with van der Waals surface area (Å²) in [5, 5.41) is 41.7. The molecule has 0 aromatic carbocycles. The first-order chi connectivity index (χ1) is 34.1. The Labute approximate surface area is 465 Å². The summed E-state index contributed by atoms with van der Waals surface area (Å²) in [5.41, 5.74) is -0.558. The van der Waals surface area contributed by atoms with E-state index in [1.807, 2.05) is 119 Å². The highest BCUT2D eigenvalue weighted by molar-refractivity contribution is 5.83. The number of allylic oxidation sites excluding steroid dienone is 1. The molecular weight excluding hydrogens is 979 g/mol. The summed E-state index contributed by atoms with van der Waals surface area (Å²) in [7, 11) is 3.81. The van der Waals surface area contributed by atoms with Gasteiger partial charge in [-0.25, -0.2) is 10.1 Å². The Morgan fingerprint density at radius 3 is 1.47 bits per heavy atom. The molecule has 2 aromatic heterocycles. The predicted molar refractivity (Wildman–Crippen MR) is 311 cm³/mol. The lowest BCUT2D eigenvalue weighted by molar-refractivity contribution is -0.180. The van der Waals surface area contributed by atoms with E-state index in [1.54, 1.807) is 24.4 Å². The van der Waals surface area contributed by atoms with Crippen molar-refractivity contribution in [2.24, 2.45) is 39.4 Å². The van der Waals surface area contributed by atoms with Crippen LogP contribution in [0, 0.1) is 39.4 Å². The van der Waals surface area contributed by atoms with Crippen LogP contribution in [0.25, 0.3) is 0 Å². The average molecular weight is 1090 g/mol. The predicted octanol–water partition coefficient (Wildman–Crippen LogP) is 10.6. The number of aromatic hydroxyl groups is 1. The fourth-order valence-corrected chi connectivity index (χ4v) is 8.89. The molecule has 0 saturated carbocycles. The van der Waals surface area contributed by atoms with Gasteiger partial charge in [0.25, 0.3) is 11.1 Å². The number of nitrogens with zero attached hydrogens (tertiary/aromatic N) is 6. The van der Waals surface area contributed by atoms with Gasteiger partial charge in [0.15, 0.2) is 5.75 Å². The lowest BCUT2D eigenvalue weighted by atomic mass is 9.76. The van der Waals surface area contributed by atoms with E-state index in [0.717, 1.165) is 68.3 Å². The summed E-state index contributed by atoms with van der Waals surface area (Å²) in [4.78, 5) is 73.2. The quantitative estimate of drug-likeness (QED) is 0.0949. The van der Waals surface area contributed by atoms with E-state index in [0.29, 0.717) is 29.3 Å². The normalized spacial score (nSPS) is 20.6. The van der Waals surface area contributed by atoms with Crippen LogP contribution in [0.1, 0.15) is 190 Å². The van der Waals surface area contributed by atoms with E-state index < -0.39 is 0 Å². The summed E-state index contributed by atoms with van der Waals surface area (Å²) < 4.78 is 2.11. The maximum atomic E-state index is 11.9. The van der Waals surface area contributed by atoms with E-state index in [9.17, 15) is 39.2 Å². The maximum Gasteiger partial charge on any atom is 0.293 e. The molecule has 4 amide bonds. The minimum absolute atomic E-state index is 0. The number of hydrogen-bond acceptors (Lipinski definition) is 11. The lowest BCUT2D eigenvalue weighted by Crippen LogP contribution is -2.49. The number of hydroxylamine groups is 4. The Morgan fingerprint density at radius 2 is 1.00 bits per heavy atom. The third kappa shape index (κ3) is 24.3. The number of carbonyl (C=O) groups is 4. The summed E-state index contributed by atoms with van der Waals surface area (Å²) in [6.45, 7) is 40.0. The number of rotatable bonds is 0. The second-order valence-electron chi connectivity index (χ2n) is 26.7. The molecule has 4 aliphatic rings. The van der Waals surface area contributed by atoms with Crippen molar-refractivity contribution in [3.63, 3.8) is 0 Å². The van der Waals surface area contributed by atoms with Crippen molar-refractivity contribution in [3.05, 3.63) is 75.1 Å². The Kier molecular flexibility index (Phi) is 29.8. The largest absolute Gasteiger partial charge is 0.503 e. The van der Waals surface area contributed by atoms with Crippen molar-refractivity contribution in [1.82, 2.24) is 34.5 Å². The zero-order valence-electron chi connectivity index (χ0n) is 49.8. The Hall–Kier alpha value is -5.00. The minimum atomic E-state index is -0.343. The fraction of sp³-hybridized carbons (Fsp3) is 0.733. The third-order valence-corrected chi connectivity index (χ3v) is 13.7. The number of likely N-dealkylation sites (N-methyl/N-ethyl adjacent to an activating group) is 1. The van der Waals surface area contributed by atoms with E-state index in [4.69, 9.17) is 10.3 Å². The average Bonchev–Trinajstić information content (AvgIpc) is 3.64. The van der Waals surface area contributed by atoms with Crippen molar-refractivity contribution < 1.29 is 39.9 Å². The highest BCUT2D eigenvalue weighted by Gasteiger charge is 2.38. The number of likely N-dealkylation sites (tertiary alicyclic amines) is 1. The maximum absolute atomic E-state index is 11.9. The molecule has 17 nitrogen and oxygen atoms in total. The van der Waals surface area contributed by atoms with E-state index in [2.05, 4.69) is 46.9 Å². The highest BCUT2D eigenvalue weighted by atomic mass is 16.5. The number of nitrogens with one attached hydrogen (secondary N) is 1. The summed E-state index contributed by atoms with van der Waals surface area (Å²) in [6, 6.07) is 6.41. The molecule has 77 heavy (non-hydrogen) atoms. The molecule has 6 rings (SSSR count). The van der Waals surface area contributed by atoms with Crippen LogP contribution in [0.2, 0.25) is 0 Å². The molecule has 2 aromatic rings. The molecule has 4 aliphatic heterocycles. The molecular formula is C60H109N7O10. The summed E-state index contributed by atoms with van der Waals surface area (Å²) in [6.07, 6.45) is 13.8. The van der Waals surface area contributed by atoms with Crippen LogP contribution in [0.4, 0.5) is 0 Å². The van der Waals surface area contributed by atoms with Gasteiger partial charge >= 0.3 is 0 Å². The van der Waals surface area contributed by atoms with Crippen LogP contribution in [0.3, 0.4) is 0 Å². The van der Waals surface area contributed by atoms with Crippen molar-refractivity contribution >= 4 is 23.6 Å². The number of amides is 4. The molecule has 4 atom stereocenters. The monoisotopic (exact) mass is 1090 g/mol. The van der Waals surface area contributed by atoms with Gasteiger partial charge in [0.2, 0.25) is 23.6 Å². The van der Waals surface area contributed by atoms with Gasteiger partial charge in [-0.05, 0) is 111 Å². The highest BCUT2D eigenvalue weighted by Crippen LogP contribution is 2.35. The summed E-state index contributed by atoms with van der Waals surface area (Å²) >= 11 is 0. The molecule has 3 saturated heterocycles. The van der Waals surface area contributed by atoms with Gasteiger partial charge < -0.3 is 30.0 Å². The van der Waals surface area contributed by atoms with E-state index in [1.165, 1.54) is 23.3 Å². The SMILES string of the molecule is C.C.CC(C)(C)C1CC=CCN(O)C1=O.CC(C)(C)C1CCCN(O)C1=O.CC(C)(C)c1cccn(O)c1=O.CC(C)(C)n1cccc(O)c1=O.CN1CCCCC(C(C)(C)C)C1=O.CN1CCCNC(C(C)(C)C)C1=O. The molecule has 5 N–H and O–H groups in total. The standard InChI is InChI=1S/C11H21NO.C10H20N2O.C10H17NO2.C9H13NO2.C9H17NO2.C9H13NO2.2CH4/c1-11(2,3)9-7-5-6-8-12(4)10(9)13;1-10(2,3)8-9(13)12(4)7-5-6-11-8;1-10(2,3)8-6-4-5-7-11(13)9(8)12;1-9(2,3)10-6-4-5-7(11)8(10)12;2*1-9(2,3)7-5-4-6-10(12)8(7)11;;/h9H,5-8H2,1-4H3;8,11H,5-7H2,1-4H3;4-5,8,13H,6-7H2,1-3H3;4-6,11H,1-3H3;7,12H,4-6H2,1-3H3;4-6,12H,1-3H3;2*1H4. The van der Waals surface area contributed by atoms with E-state index >= 15 is 0 Å². The van der Waals surface area contributed by atoms with Gasteiger partial charge in [0.1, 0.15) is 0 Å². The van der Waals surface area contributed by atoms with Crippen molar-refractivity contribution in [2.75, 3.05) is 46.8 Å². The number of piperidine rings is 1. The minimum Gasteiger partial charge on any atom is -0.503 e. The van der Waals surface area contributed by atoms with Crippen LogP contribution >= 0.6 is 0 Å². The first-order valence-corrected chi connectivity index (χ1v) is 26.8. The molecule has 0 bridgehead atoms. The molecule has 0 radical (unpaired) electrons. The molecule has 0 aliphatic carbocycles. The molecule has 4 unspecified atom stereocenters. The lowest BCUT2D eigenvalue weighted by Gasteiger charge is -2.35. The van der Waals surface area contributed by atoms with Gasteiger partial charge in [-0.15, -0.1) is 0 Å². The van der Waals surface area contributed by atoms with Gasteiger partial charge in [-0.2, -0.15) is 4.73 Å². The topological polar surface area (TPSA) is 218 Å². The molecule has 3 fully saturated rings. The first kappa shape index (κ1) is 74.1. The third-order valence-electron chi connectivity index (χ3n) is 13.7. The first-order valence-electron chi connectivity index (χ1n) is 26.8. The van der Waals surface area contributed by atoms with Gasteiger partial charge in [-0.3, -0.25) is 39.2 Å². The van der Waals surface area contributed by atoms with Gasteiger partial charge in [-0.1, -0.05) is 143 Å². The Morgan fingerprint density at radius 1 is 0.519 bits per heavy atom. The number of aromatic nitrogens is 2. The van der Waals surface area contributed by atoms with Crippen molar-refractivity contribution in [1.29, 1.82) is 0 Å². The smallest absolute Gasteiger partial charge is 0.293 e. The molecule has 6 heterocycles. The number of pyridine rings is 2. The van der Waals surface area contributed by atoms with Gasteiger partial charge in [0, 0.05) is 75.0 Å². The Balaban J connectivity index is 0. The van der Waals surface area contributed by atoms with Crippen LogP contribution < -0.4 is 16.4 Å². The number of hydrogen-bond donors (Lipinski definition) is 5. The second-order valence-corrected chi connectivity index (χ2v) is 26.7. The second kappa shape index (κ2) is 31.0. The van der Waals surface area contributed by atoms with Crippen molar-refractivity contribution in [3.8, 4) is 5.75 Å². The zero-order valence-corrected chi connectivity index (χ0v) is 49.8. The summed E-state index contributed by atoms with van der Waals surface area (Å²) in [5.74, 6) is 0.168. The van der Waals surface area contributed by atoms with Crippen LogP contribution in [-0.2, 0) is 30.1 Å². The zero-order chi connectivity index (χ0) is 58.2. The van der Waals surface area contributed by atoms with Crippen LogP contribution in [0.5, 0.6) is 5.75 Å². The van der Waals surface area contributed by atoms with E-state index in [-0.39, 0.29) is 106 Å².